The molecule has 4 rings (SSSR count). The van der Waals surface area contributed by atoms with Gasteiger partial charge in [0.1, 0.15) is 0 Å². The number of aromatic nitrogens is 7. The van der Waals surface area contributed by atoms with Crippen molar-refractivity contribution < 1.29 is 4.52 Å². The van der Waals surface area contributed by atoms with E-state index in [1.54, 1.807) is 16.9 Å². The molecule has 0 aliphatic rings. The van der Waals surface area contributed by atoms with Crippen LogP contribution in [0.25, 0.3) is 17.2 Å². The molecule has 0 aromatic carbocycles. The van der Waals surface area contributed by atoms with Gasteiger partial charge in [0.2, 0.25) is 16.9 Å². The second-order valence-electron chi connectivity index (χ2n) is 5.97. The number of hydrogen-bond acceptors (Lipinski definition) is 8. The molecule has 8 nitrogen and oxygen atoms in total. The third kappa shape index (κ3) is 2.94. The summed E-state index contributed by atoms with van der Waals surface area (Å²) in [6.45, 7) is 8.01. The van der Waals surface area contributed by atoms with E-state index >= 15 is 0 Å². The first-order valence-electron chi connectivity index (χ1n) is 8.14. The van der Waals surface area contributed by atoms with E-state index in [4.69, 9.17) is 4.52 Å². The molecule has 0 saturated heterocycles. The molecular formula is C17H17N7OS. The standard InChI is InChI=1S/C17H17N7OS/c1-9-10(2)19-16-21-17(22-24(16)11(9)3)26-12(4)15-20-14(23-25-15)13-5-7-18-8-6-13/h5-8,12H,1-4H3/t12-/m0/s1. The molecule has 0 amide bonds. The van der Waals surface area contributed by atoms with E-state index in [1.807, 2.05) is 39.8 Å². The summed E-state index contributed by atoms with van der Waals surface area (Å²) < 4.78 is 7.18. The second-order valence-corrected chi connectivity index (χ2v) is 7.27. The van der Waals surface area contributed by atoms with E-state index in [1.165, 1.54) is 11.8 Å². The van der Waals surface area contributed by atoms with Gasteiger partial charge in [0, 0.05) is 29.3 Å². The molecule has 0 spiro atoms. The van der Waals surface area contributed by atoms with Crippen LogP contribution in [0, 0.1) is 20.8 Å². The smallest absolute Gasteiger partial charge is 0.253 e. The van der Waals surface area contributed by atoms with Crippen LogP contribution < -0.4 is 0 Å². The highest BCUT2D eigenvalue weighted by atomic mass is 32.2. The zero-order valence-electron chi connectivity index (χ0n) is 14.8. The van der Waals surface area contributed by atoms with Crippen LogP contribution in [0.1, 0.15) is 35.0 Å². The van der Waals surface area contributed by atoms with Crippen molar-refractivity contribution in [3.8, 4) is 11.4 Å². The Labute approximate surface area is 154 Å². The van der Waals surface area contributed by atoms with E-state index in [0.717, 1.165) is 22.5 Å². The van der Waals surface area contributed by atoms with Gasteiger partial charge >= 0.3 is 0 Å². The number of aryl methyl sites for hydroxylation is 2. The molecule has 0 unspecified atom stereocenters. The summed E-state index contributed by atoms with van der Waals surface area (Å²) in [6.07, 6.45) is 3.40. The molecule has 26 heavy (non-hydrogen) atoms. The summed E-state index contributed by atoms with van der Waals surface area (Å²) in [7, 11) is 0. The molecule has 0 aliphatic carbocycles. The largest absolute Gasteiger partial charge is 0.338 e. The number of rotatable bonds is 4. The lowest BCUT2D eigenvalue weighted by atomic mass is 10.2. The first-order valence-corrected chi connectivity index (χ1v) is 9.02. The van der Waals surface area contributed by atoms with Crippen molar-refractivity contribution in [1.82, 2.24) is 34.7 Å². The molecule has 0 saturated carbocycles. The SMILES string of the molecule is Cc1nc2nc(S[C@@H](C)c3nc(-c4ccncc4)no3)nn2c(C)c1C. The van der Waals surface area contributed by atoms with Crippen molar-refractivity contribution in [2.45, 2.75) is 38.1 Å². The summed E-state index contributed by atoms with van der Waals surface area (Å²) in [5, 5.41) is 9.14. The molecule has 1 atom stereocenters. The Morgan fingerprint density at radius 2 is 1.85 bits per heavy atom. The van der Waals surface area contributed by atoms with Crippen molar-refractivity contribution in [1.29, 1.82) is 0 Å². The van der Waals surface area contributed by atoms with E-state index in [9.17, 15) is 0 Å². The number of thioether (sulfide) groups is 1. The van der Waals surface area contributed by atoms with Crippen molar-refractivity contribution in [2.75, 3.05) is 0 Å². The van der Waals surface area contributed by atoms with Crippen LogP contribution in [-0.2, 0) is 0 Å². The first kappa shape index (κ1) is 16.6. The number of hydrogen-bond donors (Lipinski definition) is 0. The summed E-state index contributed by atoms with van der Waals surface area (Å²) in [5.41, 5.74) is 3.98. The normalized spacial score (nSPS) is 12.6. The van der Waals surface area contributed by atoms with Crippen molar-refractivity contribution in [3.05, 3.63) is 47.4 Å². The average molecular weight is 367 g/mol. The van der Waals surface area contributed by atoms with Crippen molar-refractivity contribution >= 4 is 17.5 Å². The summed E-state index contributed by atoms with van der Waals surface area (Å²) in [6, 6.07) is 3.68. The second kappa shape index (κ2) is 6.49. The predicted molar refractivity (Wildman–Crippen MR) is 96.8 cm³/mol. The monoisotopic (exact) mass is 367 g/mol. The van der Waals surface area contributed by atoms with Gasteiger partial charge in [-0.05, 0) is 45.4 Å². The number of fused-ring (bicyclic) bond motifs is 1. The van der Waals surface area contributed by atoms with E-state index in [-0.39, 0.29) is 5.25 Å². The van der Waals surface area contributed by atoms with Gasteiger partial charge in [-0.3, -0.25) is 4.98 Å². The van der Waals surface area contributed by atoms with Gasteiger partial charge in [-0.25, -0.2) is 9.50 Å². The Morgan fingerprint density at radius 3 is 2.62 bits per heavy atom. The van der Waals surface area contributed by atoms with Crippen LogP contribution >= 0.6 is 11.8 Å². The van der Waals surface area contributed by atoms with Crippen LogP contribution in [0.2, 0.25) is 0 Å². The van der Waals surface area contributed by atoms with E-state index < -0.39 is 0 Å². The molecule has 4 aromatic heterocycles. The minimum absolute atomic E-state index is 0.0852. The number of pyridine rings is 1. The third-order valence-electron chi connectivity index (χ3n) is 4.25. The average Bonchev–Trinajstić information content (AvgIpc) is 3.28. The van der Waals surface area contributed by atoms with Crippen LogP contribution in [0.3, 0.4) is 0 Å². The number of nitrogens with zero attached hydrogens (tertiary/aromatic N) is 7. The molecule has 132 valence electrons. The molecule has 9 heteroatoms. The lowest BCUT2D eigenvalue weighted by Gasteiger charge is -2.04. The van der Waals surface area contributed by atoms with Crippen molar-refractivity contribution in [3.63, 3.8) is 0 Å². The fraction of sp³-hybridized carbons (Fsp3) is 0.294. The Bertz CT molecular complexity index is 1070. The Morgan fingerprint density at radius 1 is 1.08 bits per heavy atom. The fourth-order valence-corrected chi connectivity index (χ4v) is 3.29. The topological polar surface area (TPSA) is 94.9 Å². The molecule has 0 fully saturated rings. The minimum atomic E-state index is -0.0852. The molecule has 0 aliphatic heterocycles. The molecule has 0 radical (unpaired) electrons. The molecule has 4 aromatic rings. The lowest BCUT2D eigenvalue weighted by molar-refractivity contribution is 0.380. The minimum Gasteiger partial charge on any atom is -0.338 e. The lowest BCUT2D eigenvalue weighted by Crippen LogP contribution is -2.02. The van der Waals surface area contributed by atoms with Crippen LogP contribution in [0.4, 0.5) is 0 Å². The Balaban J connectivity index is 1.59. The Hall–Kier alpha value is -2.81. The zero-order chi connectivity index (χ0) is 18.3. The van der Waals surface area contributed by atoms with Gasteiger partial charge in [0.25, 0.3) is 5.78 Å². The Kier molecular flexibility index (Phi) is 4.15. The fourth-order valence-electron chi connectivity index (χ4n) is 2.51. The predicted octanol–water partition coefficient (Wildman–Crippen LogP) is 3.35. The highest BCUT2D eigenvalue weighted by molar-refractivity contribution is 7.99. The van der Waals surface area contributed by atoms with Crippen molar-refractivity contribution in [2.24, 2.45) is 0 Å². The van der Waals surface area contributed by atoms with Gasteiger partial charge < -0.3 is 4.52 Å². The highest BCUT2D eigenvalue weighted by Crippen LogP contribution is 2.33. The highest BCUT2D eigenvalue weighted by Gasteiger charge is 2.20. The molecular weight excluding hydrogens is 350 g/mol. The quantitative estimate of drug-likeness (QED) is 0.507. The summed E-state index contributed by atoms with van der Waals surface area (Å²) >= 11 is 1.46. The summed E-state index contributed by atoms with van der Waals surface area (Å²) in [4.78, 5) is 17.5. The first-order chi connectivity index (χ1) is 12.5. The maximum atomic E-state index is 5.41. The van der Waals surface area contributed by atoms with Gasteiger partial charge in [-0.15, -0.1) is 5.10 Å². The molecule has 0 N–H and O–H groups in total. The molecule has 4 heterocycles. The third-order valence-corrected chi connectivity index (χ3v) is 5.19. The maximum Gasteiger partial charge on any atom is 0.253 e. The van der Waals surface area contributed by atoms with E-state index in [0.29, 0.717) is 22.6 Å². The summed E-state index contributed by atoms with van der Waals surface area (Å²) in [5.74, 6) is 1.67. The van der Waals surface area contributed by atoms with Crippen LogP contribution in [0.15, 0.2) is 34.2 Å². The van der Waals surface area contributed by atoms with Gasteiger partial charge in [0.15, 0.2) is 0 Å². The van der Waals surface area contributed by atoms with Gasteiger partial charge in [-0.2, -0.15) is 9.97 Å². The van der Waals surface area contributed by atoms with Crippen LogP contribution in [0.5, 0.6) is 0 Å². The van der Waals surface area contributed by atoms with E-state index in [2.05, 4.69) is 30.2 Å². The zero-order valence-corrected chi connectivity index (χ0v) is 15.7. The van der Waals surface area contributed by atoms with Gasteiger partial charge in [-0.1, -0.05) is 16.9 Å². The van der Waals surface area contributed by atoms with Crippen LogP contribution in [-0.4, -0.2) is 34.7 Å². The molecule has 0 bridgehead atoms. The van der Waals surface area contributed by atoms with Gasteiger partial charge in [0.05, 0.1) is 5.25 Å². The maximum absolute atomic E-state index is 5.41.